The zero-order valence-corrected chi connectivity index (χ0v) is 17.1. The van der Waals surface area contributed by atoms with Crippen molar-refractivity contribution in [3.05, 3.63) is 51.0 Å². The molecule has 0 aliphatic carbocycles. The van der Waals surface area contributed by atoms with Crippen molar-refractivity contribution in [3.63, 3.8) is 0 Å². The summed E-state index contributed by atoms with van der Waals surface area (Å²) >= 11 is 9.71. The third-order valence-electron chi connectivity index (χ3n) is 3.46. The van der Waals surface area contributed by atoms with E-state index in [1.165, 1.54) is 12.1 Å². The fourth-order valence-electron chi connectivity index (χ4n) is 2.31. The second-order valence-electron chi connectivity index (χ2n) is 5.84. The van der Waals surface area contributed by atoms with Gasteiger partial charge in [0, 0.05) is 11.0 Å². The summed E-state index contributed by atoms with van der Waals surface area (Å²) < 4.78 is 12.3. The third kappa shape index (κ3) is 5.29. The number of carbonyl (C=O) groups is 1. The van der Waals surface area contributed by atoms with Gasteiger partial charge in [0.05, 0.1) is 29.0 Å². The lowest BCUT2D eigenvalue weighted by molar-refractivity contribution is 0.0697. The lowest BCUT2D eigenvalue weighted by atomic mass is 10.1. The second-order valence-corrected chi connectivity index (χ2v) is 7.10. The van der Waals surface area contributed by atoms with Crippen molar-refractivity contribution in [2.75, 3.05) is 11.9 Å². The van der Waals surface area contributed by atoms with E-state index in [0.717, 1.165) is 10.0 Å². The molecule has 0 aromatic heterocycles. The maximum atomic E-state index is 11.1. The minimum absolute atomic E-state index is 0.0302. The molecular weight excluding hydrogens is 422 g/mol. The van der Waals surface area contributed by atoms with Crippen molar-refractivity contribution in [3.8, 4) is 11.5 Å². The maximum absolute atomic E-state index is 11.1. The normalized spacial score (nSPS) is 10.7. The van der Waals surface area contributed by atoms with Crippen LogP contribution in [0.3, 0.4) is 0 Å². The standard InChI is InChI=1S/C19H21BrClNO4/c1-4-25-17-8-13(14(20)9-18(17)26-11(2)3)10-22-16-7-12(19(23)24)5-6-15(16)21/h5-9,11,22H,4,10H2,1-3H3,(H,23,24). The van der Waals surface area contributed by atoms with Crippen LogP contribution >= 0.6 is 27.5 Å². The van der Waals surface area contributed by atoms with Gasteiger partial charge in [-0.2, -0.15) is 0 Å². The summed E-state index contributed by atoms with van der Waals surface area (Å²) in [6, 6.07) is 8.31. The van der Waals surface area contributed by atoms with E-state index >= 15 is 0 Å². The van der Waals surface area contributed by atoms with Gasteiger partial charge in [-0.3, -0.25) is 0 Å². The Bertz CT molecular complexity index is 795. The molecule has 26 heavy (non-hydrogen) atoms. The lowest BCUT2D eigenvalue weighted by Crippen LogP contribution is -2.09. The number of aromatic carboxylic acids is 1. The van der Waals surface area contributed by atoms with Gasteiger partial charge in [0.15, 0.2) is 11.5 Å². The minimum atomic E-state index is -1.00. The lowest BCUT2D eigenvalue weighted by Gasteiger charge is -2.17. The first-order valence-electron chi connectivity index (χ1n) is 8.20. The number of halogens is 2. The monoisotopic (exact) mass is 441 g/mol. The molecule has 2 aromatic rings. The van der Waals surface area contributed by atoms with Crippen LogP contribution in [0.25, 0.3) is 0 Å². The van der Waals surface area contributed by atoms with Gasteiger partial charge in [-0.15, -0.1) is 0 Å². The van der Waals surface area contributed by atoms with E-state index in [4.69, 9.17) is 26.2 Å². The Morgan fingerprint density at radius 2 is 2.00 bits per heavy atom. The van der Waals surface area contributed by atoms with Gasteiger partial charge in [0.2, 0.25) is 0 Å². The van der Waals surface area contributed by atoms with E-state index in [2.05, 4.69) is 21.2 Å². The molecule has 0 saturated heterocycles. The van der Waals surface area contributed by atoms with Crippen LogP contribution in [-0.2, 0) is 6.54 Å². The van der Waals surface area contributed by atoms with Gasteiger partial charge in [-0.25, -0.2) is 4.79 Å². The van der Waals surface area contributed by atoms with Crippen molar-refractivity contribution in [1.29, 1.82) is 0 Å². The number of carboxylic acid groups (broad SMARTS) is 1. The van der Waals surface area contributed by atoms with E-state index < -0.39 is 5.97 Å². The molecule has 0 atom stereocenters. The molecule has 0 spiro atoms. The molecule has 7 heteroatoms. The Morgan fingerprint density at radius 3 is 2.62 bits per heavy atom. The summed E-state index contributed by atoms with van der Waals surface area (Å²) in [4.78, 5) is 11.1. The number of nitrogens with one attached hydrogen (secondary N) is 1. The van der Waals surface area contributed by atoms with Crippen molar-refractivity contribution in [2.24, 2.45) is 0 Å². The molecule has 0 heterocycles. The molecule has 0 radical (unpaired) electrons. The number of hydrogen-bond acceptors (Lipinski definition) is 4. The largest absolute Gasteiger partial charge is 0.490 e. The summed E-state index contributed by atoms with van der Waals surface area (Å²) in [5, 5.41) is 12.7. The summed E-state index contributed by atoms with van der Waals surface area (Å²) in [5.41, 5.74) is 1.66. The van der Waals surface area contributed by atoms with Gasteiger partial charge in [0.25, 0.3) is 0 Å². The molecule has 2 rings (SSSR count). The molecule has 0 saturated carbocycles. The Hall–Kier alpha value is -1.92. The minimum Gasteiger partial charge on any atom is -0.490 e. The molecule has 0 aliphatic heterocycles. The van der Waals surface area contributed by atoms with Crippen LogP contribution in [0.4, 0.5) is 5.69 Å². The summed E-state index contributed by atoms with van der Waals surface area (Å²) in [7, 11) is 0. The van der Waals surface area contributed by atoms with Gasteiger partial charge >= 0.3 is 5.97 Å². The highest BCUT2D eigenvalue weighted by Crippen LogP contribution is 2.35. The average molecular weight is 443 g/mol. The van der Waals surface area contributed by atoms with E-state index in [1.807, 2.05) is 32.9 Å². The van der Waals surface area contributed by atoms with Crippen LogP contribution in [0.5, 0.6) is 11.5 Å². The van der Waals surface area contributed by atoms with Crippen LogP contribution in [-0.4, -0.2) is 23.8 Å². The van der Waals surface area contributed by atoms with Crippen LogP contribution < -0.4 is 14.8 Å². The molecule has 0 fully saturated rings. The molecule has 5 nitrogen and oxygen atoms in total. The third-order valence-corrected chi connectivity index (χ3v) is 4.53. The molecule has 2 N–H and O–H groups in total. The zero-order chi connectivity index (χ0) is 19.3. The first-order chi connectivity index (χ1) is 12.3. The van der Waals surface area contributed by atoms with Crippen molar-refractivity contribution >= 4 is 39.2 Å². The Morgan fingerprint density at radius 1 is 1.27 bits per heavy atom. The van der Waals surface area contributed by atoms with Crippen molar-refractivity contribution < 1.29 is 19.4 Å². The highest BCUT2D eigenvalue weighted by atomic mass is 79.9. The average Bonchev–Trinajstić information content (AvgIpc) is 2.56. The van der Waals surface area contributed by atoms with E-state index in [9.17, 15) is 4.79 Å². The Labute approximate surface area is 166 Å². The predicted octanol–water partition coefficient (Wildman–Crippen LogP) is 5.60. The smallest absolute Gasteiger partial charge is 0.335 e. The van der Waals surface area contributed by atoms with Crippen LogP contribution in [0.1, 0.15) is 36.7 Å². The predicted molar refractivity (Wildman–Crippen MR) is 107 cm³/mol. The fraction of sp³-hybridized carbons (Fsp3) is 0.316. The van der Waals surface area contributed by atoms with Crippen molar-refractivity contribution in [1.82, 2.24) is 0 Å². The first-order valence-corrected chi connectivity index (χ1v) is 9.37. The van der Waals surface area contributed by atoms with Gasteiger partial charge < -0.3 is 19.9 Å². The molecule has 2 aromatic carbocycles. The molecule has 0 amide bonds. The van der Waals surface area contributed by atoms with Crippen LogP contribution in [0.15, 0.2) is 34.8 Å². The highest BCUT2D eigenvalue weighted by Gasteiger charge is 2.13. The van der Waals surface area contributed by atoms with E-state index in [-0.39, 0.29) is 11.7 Å². The molecular formula is C19H21BrClNO4. The molecule has 0 unspecified atom stereocenters. The van der Waals surface area contributed by atoms with E-state index in [0.29, 0.717) is 35.4 Å². The molecule has 140 valence electrons. The quantitative estimate of drug-likeness (QED) is 0.557. The fourth-order valence-corrected chi connectivity index (χ4v) is 2.96. The highest BCUT2D eigenvalue weighted by molar-refractivity contribution is 9.10. The number of benzene rings is 2. The van der Waals surface area contributed by atoms with Gasteiger partial charge in [0.1, 0.15) is 0 Å². The maximum Gasteiger partial charge on any atom is 0.335 e. The number of anilines is 1. The summed E-state index contributed by atoms with van der Waals surface area (Å²) in [6.45, 7) is 6.78. The molecule has 0 bridgehead atoms. The van der Waals surface area contributed by atoms with Gasteiger partial charge in [-0.05, 0) is 56.7 Å². The number of rotatable bonds is 8. The molecule has 0 aliphatic rings. The van der Waals surface area contributed by atoms with Crippen LogP contribution in [0.2, 0.25) is 5.02 Å². The first kappa shape index (κ1) is 20.4. The van der Waals surface area contributed by atoms with Crippen LogP contribution in [0, 0.1) is 0 Å². The van der Waals surface area contributed by atoms with E-state index in [1.54, 1.807) is 6.07 Å². The topological polar surface area (TPSA) is 67.8 Å². The summed E-state index contributed by atoms with van der Waals surface area (Å²) in [6.07, 6.45) is 0.0302. The SMILES string of the molecule is CCOc1cc(CNc2cc(C(=O)O)ccc2Cl)c(Br)cc1OC(C)C. The number of hydrogen-bond donors (Lipinski definition) is 2. The zero-order valence-electron chi connectivity index (χ0n) is 14.8. The Kier molecular flexibility index (Phi) is 7.17. The summed E-state index contributed by atoms with van der Waals surface area (Å²) in [5.74, 6) is 0.328. The van der Waals surface area contributed by atoms with Crippen molar-refractivity contribution in [2.45, 2.75) is 33.4 Å². The number of ether oxygens (including phenoxy) is 2. The second kappa shape index (κ2) is 9.14. The number of carboxylic acids is 1. The van der Waals surface area contributed by atoms with Gasteiger partial charge in [-0.1, -0.05) is 27.5 Å². The Balaban J connectivity index is 2.25.